The Balaban J connectivity index is 1.07. The van der Waals surface area contributed by atoms with E-state index >= 15 is 0 Å². The first-order valence-electron chi connectivity index (χ1n) is 16.7. The van der Waals surface area contributed by atoms with Crippen LogP contribution in [-0.2, 0) is 38.4 Å². The first-order valence-corrected chi connectivity index (χ1v) is 18.4. The Morgan fingerprint density at radius 2 is 1.23 bits per heavy atom. The van der Waals surface area contributed by atoms with Crippen LogP contribution in [0.15, 0.2) is 83.6 Å². The lowest BCUT2D eigenvalue weighted by Gasteiger charge is -2.27. The Labute approximate surface area is 314 Å². The number of ether oxygens (including phenoxy) is 2. The highest BCUT2D eigenvalue weighted by Crippen LogP contribution is 2.28. The van der Waals surface area contributed by atoms with Crippen molar-refractivity contribution >= 4 is 46.4 Å². The topological polar surface area (TPSA) is 177 Å². The van der Waals surface area contributed by atoms with E-state index in [2.05, 4.69) is 20.6 Å². The number of hydrogen-bond acceptors (Lipinski definition) is 10. The van der Waals surface area contributed by atoms with Crippen molar-refractivity contribution in [3.8, 4) is 32.6 Å². The number of carbonyl (C=O) groups excluding carboxylic acids is 2. The van der Waals surface area contributed by atoms with E-state index in [9.17, 15) is 29.4 Å². The number of hydrogen-bond donors (Lipinski definition) is 4. The summed E-state index contributed by atoms with van der Waals surface area (Å²) in [5.41, 5.74) is 3.80. The lowest BCUT2D eigenvalue weighted by atomic mass is 9.86. The molecule has 2 aromatic heterocycles. The summed E-state index contributed by atoms with van der Waals surface area (Å²) in [4.78, 5) is 57.8. The average molecular weight is 757 g/mol. The standard InChI is InChI=1S/C39H40N4O8S2/c1-39(2,3)34(38(48)49)43-32(45)20-28-22-53-36(41-28)26-11-15-30(16-12-26)51-18-17-23-5-7-25(8-6-23)35-40-27(21-52-35)19-31(44)42-33(37(46)47)24-9-13-29(50-4)14-10-24/h5-16,21-22,33-34H,17-20H2,1-4H3,(H,42,44)(H,43,45)(H,46,47)(H,48,49). The van der Waals surface area contributed by atoms with Gasteiger partial charge in [0.2, 0.25) is 11.8 Å². The number of aromatic nitrogens is 2. The molecule has 0 aliphatic rings. The van der Waals surface area contributed by atoms with E-state index < -0.39 is 41.3 Å². The molecule has 0 spiro atoms. The molecule has 0 aliphatic heterocycles. The minimum absolute atomic E-state index is 0.00861. The zero-order valence-corrected chi connectivity index (χ0v) is 31.3. The largest absolute Gasteiger partial charge is 0.497 e. The molecule has 0 radical (unpaired) electrons. The minimum atomic E-state index is -1.19. The van der Waals surface area contributed by atoms with Gasteiger partial charge in [0.15, 0.2) is 6.04 Å². The van der Waals surface area contributed by atoms with Gasteiger partial charge in [-0.05, 0) is 52.9 Å². The van der Waals surface area contributed by atoms with Crippen molar-refractivity contribution in [2.24, 2.45) is 5.41 Å². The van der Waals surface area contributed by atoms with Crippen LogP contribution < -0.4 is 20.1 Å². The van der Waals surface area contributed by atoms with E-state index in [0.29, 0.717) is 41.5 Å². The molecule has 0 bridgehead atoms. The molecule has 2 unspecified atom stereocenters. The Morgan fingerprint density at radius 3 is 1.72 bits per heavy atom. The smallest absolute Gasteiger partial charge is 0.330 e. The zero-order chi connectivity index (χ0) is 38.1. The van der Waals surface area contributed by atoms with E-state index in [1.807, 2.05) is 48.5 Å². The van der Waals surface area contributed by atoms with Crippen molar-refractivity contribution in [2.75, 3.05) is 13.7 Å². The van der Waals surface area contributed by atoms with Crippen LogP contribution in [0.25, 0.3) is 21.1 Å². The predicted molar refractivity (Wildman–Crippen MR) is 202 cm³/mol. The maximum absolute atomic E-state index is 12.7. The van der Waals surface area contributed by atoms with E-state index in [1.165, 1.54) is 29.8 Å². The fourth-order valence-corrected chi connectivity index (χ4v) is 6.97. The molecule has 4 N–H and O–H groups in total. The number of aliphatic carboxylic acids is 2. The summed E-state index contributed by atoms with van der Waals surface area (Å²) in [6.45, 7) is 5.75. The molecule has 2 amide bonds. The molecule has 2 heterocycles. The molecule has 3 aromatic carbocycles. The van der Waals surface area contributed by atoms with Crippen molar-refractivity contribution in [3.05, 3.63) is 106 Å². The van der Waals surface area contributed by atoms with Crippen LogP contribution in [0.4, 0.5) is 0 Å². The highest BCUT2D eigenvalue weighted by atomic mass is 32.1. The number of carbonyl (C=O) groups is 4. The average Bonchev–Trinajstić information content (AvgIpc) is 3.79. The first kappa shape index (κ1) is 38.6. The number of methoxy groups -OCH3 is 1. The van der Waals surface area contributed by atoms with Gasteiger partial charge in [0, 0.05) is 28.3 Å². The molecular formula is C39H40N4O8S2. The van der Waals surface area contributed by atoms with Gasteiger partial charge in [0.25, 0.3) is 0 Å². The normalized spacial score (nSPS) is 12.4. The number of nitrogens with one attached hydrogen (secondary N) is 2. The zero-order valence-electron chi connectivity index (χ0n) is 29.6. The molecule has 5 rings (SSSR count). The van der Waals surface area contributed by atoms with Gasteiger partial charge in [-0.25, -0.2) is 19.6 Å². The fourth-order valence-electron chi connectivity index (χ4n) is 5.32. The fraction of sp³-hybridized carbons (Fsp3) is 0.282. The third kappa shape index (κ3) is 10.7. The second kappa shape index (κ2) is 17.3. The lowest BCUT2D eigenvalue weighted by Crippen LogP contribution is -2.49. The van der Waals surface area contributed by atoms with Crippen LogP contribution in [0, 0.1) is 5.41 Å². The van der Waals surface area contributed by atoms with Gasteiger partial charge >= 0.3 is 11.9 Å². The molecule has 0 aliphatic carbocycles. The van der Waals surface area contributed by atoms with Crippen molar-refractivity contribution < 1.29 is 38.9 Å². The minimum Gasteiger partial charge on any atom is -0.497 e. The Morgan fingerprint density at radius 1 is 0.717 bits per heavy atom. The van der Waals surface area contributed by atoms with Crippen molar-refractivity contribution in [2.45, 2.75) is 52.1 Å². The number of benzene rings is 3. The number of nitrogens with zero attached hydrogens (tertiary/aromatic N) is 2. The van der Waals surface area contributed by atoms with Gasteiger partial charge < -0.3 is 30.3 Å². The highest BCUT2D eigenvalue weighted by molar-refractivity contribution is 7.13. The molecule has 276 valence electrons. The summed E-state index contributed by atoms with van der Waals surface area (Å²) in [5, 5.41) is 29.4. The summed E-state index contributed by atoms with van der Waals surface area (Å²) < 4.78 is 11.1. The predicted octanol–water partition coefficient (Wildman–Crippen LogP) is 6.21. The monoisotopic (exact) mass is 756 g/mol. The maximum atomic E-state index is 12.7. The SMILES string of the molecule is COc1ccc(C(NC(=O)Cc2csc(-c3ccc(CCOc4ccc(-c5nc(CC(=O)NC(C(=O)O)C(C)(C)C)cs5)cc4)cc3)n2)C(=O)O)cc1. The number of thiazole rings is 2. The molecule has 0 fully saturated rings. The Hall–Kier alpha value is -5.60. The summed E-state index contributed by atoms with van der Waals surface area (Å²) in [5.74, 6) is -1.77. The summed E-state index contributed by atoms with van der Waals surface area (Å²) in [7, 11) is 1.52. The third-order valence-electron chi connectivity index (χ3n) is 8.17. The van der Waals surface area contributed by atoms with Crippen LogP contribution in [0.1, 0.15) is 49.3 Å². The molecule has 5 aromatic rings. The van der Waals surface area contributed by atoms with Gasteiger partial charge in [-0.2, -0.15) is 0 Å². The van der Waals surface area contributed by atoms with Crippen LogP contribution in [0.2, 0.25) is 0 Å². The highest BCUT2D eigenvalue weighted by Gasteiger charge is 2.32. The molecule has 14 heteroatoms. The third-order valence-corrected chi connectivity index (χ3v) is 10.0. The number of amides is 2. The van der Waals surface area contributed by atoms with E-state index in [4.69, 9.17) is 9.47 Å². The molecule has 53 heavy (non-hydrogen) atoms. The van der Waals surface area contributed by atoms with Crippen molar-refractivity contribution in [3.63, 3.8) is 0 Å². The van der Waals surface area contributed by atoms with Gasteiger partial charge in [-0.1, -0.05) is 57.2 Å². The Bertz CT molecular complexity index is 2040. The number of rotatable bonds is 16. The summed E-state index contributed by atoms with van der Waals surface area (Å²) in [6.07, 6.45) is 0.621. The van der Waals surface area contributed by atoms with Crippen molar-refractivity contribution in [1.82, 2.24) is 20.6 Å². The van der Waals surface area contributed by atoms with Crippen LogP contribution in [0.3, 0.4) is 0 Å². The second-order valence-corrected chi connectivity index (χ2v) is 15.0. The molecule has 12 nitrogen and oxygen atoms in total. The first-order chi connectivity index (χ1) is 25.3. The quantitative estimate of drug-likeness (QED) is 0.0906. The van der Waals surface area contributed by atoms with Crippen molar-refractivity contribution in [1.29, 1.82) is 0 Å². The van der Waals surface area contributed by atoms with E-state index in [-0.39, 0.29) is 12.8 Å². The maximum Gasteiger partial charge on any atom is 0.330 e. The van der Waals surface area contributed by atoms with Crippen LogP contribution in [0.5, 0.6) is 11.5 Å². The second-order valence-electron chi connectivity index (χ2n) is 13.3. The van der Waals surface area contributed by atoms with E-state index in [0.717, 1.165) is 26.7 Å². The van der Waals surface area contributed by atoms with Gasteiger partial charge in [-0.3, -0.25) is 9.59 Å². The molecule has 2 atom stereocenters. The van der Waals surface area contributed by atoms with Gasteiger partial charge in [-0.15, -0.1) is 22.7 Å². The lowest BCUT2D eigenvalue weighted by molar-refractivity contribution is -0.144. The Kier molecular flexibility index (Phi) is 12.6. The molecular weight excluding hydrogens is 717 g/mol. The van der Waals surface area contributed by atoms with Gasteiger partial charge in [0.1, 0.15) is 27.6 Å². The molecule has 0 saturated heterocycles. The summed E-state index contributed by atoms with van der Waals surface area (Å²) >= 11 is 2.82. The summed E-state index contributed by atoms with van der Waals surface area (Å²) in [6, 6.07) is 19.8. The van der Waals surface area contributed by atoms with Gasteiger partial charge in [0.05, 0.1) is 37.9 Å². The van der Waals surface area contributed by atoms with E-state index in [1.54, 1.807) is 55.8 Å². The molecule has 0 saturated carbocycles. The number of carboxylic acids is 2. The van der Waals surface area contributed by atoms with Crippen LogP contribution in [-0.4, -0.2) is 63.7 Å². The number of carboxylic acid groups (broad SMARTS) is 2. The van der Waals surface area contributed by atoms with Crippen LogP contribution >= 0.6 is 22.7 Å².